The van der Waals surface area contributed by atoms with Crippen LogP contribution in [0.15, 0.2) is 0 Å². The maximum absolute atomic E-state index is 5.01. The third kappa shape index (κ3) is 25.9. The zero-order chi connectivity index (χ0) is 4.50. The van der Waals surface area contributed by atoms with E-state index in [9.17, 15) is 0 Å². The Kier molecular flexibility index (Phi) is 10.7. The Labute approximate surface area is 98.2 Å². The standard InChI is InChI=1S/4ClH.K.Pt/h4*1H;;/q;;;;+1;+3/p-4. The summed E-state index contributed by atoms with van der Waals surface area (Å²) >= 11 is -3.06. The van der Waals surface area contributed by atoms with E-state index in [-0.39, 0.29) is 51.4 Å². The van der Waals surface area contributed by atoms with E-state index >= 15 is 0 Å². The fourth-order valence-electron chi connectivity index (χ4n) is 0. The van der Waals surface area contributed by atoms with Crippen molar-refractivity contribution in [3.05, 3.63) is 0 Å². The van der Waals surface area contributed by atoms with Gasteiger partial charge in [-0.15, -0.1) is 0 Å². The monoisotopic (exact) mass is 374 g/mol. The van der Waals surface area contributed by atoms with Crippen molar-refractivity contribution in [2.75, 3.05) is 0 Å². The zero-order valence-electron chi connectivity index (χ0n) is 2.83. The molecule has 0 aromatic rings. The Balaban J connectivity index is 0. The van der Waals surface area contributed by atoms with E-state index in [1.807, 2.05) is 0 Å². The third-order valence-corrected chi connectivity index (χ3v) is 0. The second kappa shape index (κ2) is 5.28. The summed E-state index contributed by atoms with van der Waals surface area (Å²) in [5.41, 5.74) is 0. The Bertz CT molecular complexity index is 23.0. The molecule has 0 aliphatic carbocycles. The topological polar surface area (TPSA) is 0 Å². The molecule has 0 spiro atoms. The first-order chi connectivity index (χ1) is 2.00. The number of halogens is 4. The van der Waals surface area contributed by atoms with Gasteiger partial charge in [0.15, 0.2) is 0 Å². The van der Waals surface area contributed by atoms with Crippen molar-refractivity contribution in [3.8, 4) is 0 Å². The summed E-state index contributed by atoms with van der Waals surface area (Å²) in [6.45, 7) is 0. The largest absolute Gasteiger partial charge is 1.00 e. The molecule has 0 unspecified atom stereocenters. The van der Waals surface area contributed by atoms with Crippen LogP contribution in [-0.2, 0) is 11.9 Å². The van der Waals surface area contributed by atoms with Crippen molar-refractivity contribution < 1.29 is 63.3 Å². The molecule has 0 amide bonds. The second-order valence-electron chi connectivity index (χ2n) is 0.271. The van der Waals surface area contributed by atoms with Gasteiger partial charge in [0.25, 0.3) is 0 Å². The molecule has 0 aliphatic rings. The van der Waals surface area contributed by atoms with Crippen LogP contribution in [0.2, 0.25) is 0 Å². The van der Waals surface area contributed by atoms with Crippen LogP contribution in [-0.4, -0.2) is 0 Å². The van der Waals surface area contributed by atoms with Crippen molar-refractivity contribution in [3.63, 3.8) is 0 Å². The molecule has 0 fully saturated rings. The van der Waals surface area contributed by atoms with E-state index < -0.39 is 11.9 Å². The summed E-state index contributed by atoms with van der Waals surface area (Å²) in [6.07, 6.45) is 0. The minimum absolute atomic E-state index is 0. The van der Waals surface area contributed by atoms with E-state index in [2.05, 4.69) is 0 Å². The second-order valence-corrected chi connectivity index (χ2v) is 20.0. The van der Waals surface area contributed by atoms with Crippen molar-refractivity contribution in [1.29, 1.82) is 0 Å². The molecule has 0 saturated heterocycles. The average Bonchev–Trinajstić information content (AvgIpc) is 0.722. The van der Waals surface area contributed by atoms with Crippen LogP contribution in [0.1, 0.15) is 0 Å². The van der Waals surface area contributed by atoms with Gasteiger partial charge >= 0.3 is 101 Å². The van der Waals surface area contributed by atoms with Crippen LogP contribution < -0.4 is 51.4 Å². The maximum Gasteiger partial charge on any atom is 1.00 e. The molecule has 0 nitrogen and oxygen atoms in total. The Hall–Kier alpha value is 3.48. The molecule has 0 aromatic heterocycles. The van der Waals surface area contributed by atoms with Gasteiger partial charge in [-0.3, -0.25) is 0 Å². The number of hydrogen-bond donors (Lipinski definition) is 0. The predicted molar refractivity (Wildman–Crippen MR) is 23.4 cm³/mol. The Morgan fingerprint density at radius 1 is 0.833 bits per heavy atom. The number of rotatable bonds is 0. The predicted octanol–water partition coefficient (Wildman–Crippen LogP) is -0.241. The number of hydrogen-bond acceptors (Lipinski definition) is 0. The van der Waals surface area contributed by atoms with Gasteiger partial charge < -0.3 is 0 Å². The molecule has 0 aliphatic heterocycles. The minimum atomic E-state index is -3.06. The van der Waals surface area contributed by atoms with Crippen LogP contribution in [0, 0.1) is 0 Å². The molecule has 6 heteroatoms. The summed E-state index contributed by atoms with van der Waals surface area (Å²) in [4.78, 5) is 0. The van der Waals surface area contributed by atoms with E-state index in [1.165, 1.54) is 0 Å². The molecule has 0 rings (SSSR count). The summed E-state index contributed by atoms with van der Waals surface area (Å²) in [7, 11) is 20.0. The first-order valence-corrected chi connectivity index (χ1v) is 11.7. The van der Waals surface area contributed by atoms with Crippen molar-refractivity contribution in [2.45, 2.75) is 0 Å². The van der Waals surface area contributed by atoms with Crippen molar-refractivity contribution in [1.82, 2.24) is 0 Å². The normalized spacial score (nSPS) is 12.7. The van der Waals surface area contributed by atoms with E-state index in [0.29, 0.717) is 0 Å². The molecule has 0 saturated carbocycles. The average molecular weight is 376 g/mol. The third-order valence-electron chi connectivity index (χ3n) is 0. The molecule has 0 N–H and O–H groups in total. The van der Waals surface area contributed by atoms with Crippen LogP contribution in [0.5, 0.6) is 0 Å². The van der Waals surface area contributed by atoms with Gasteiger partial charge in [-0.2, -0.15) is 0 Å². The maximum atomic E-state index is 5.01. The van der Waals surface area contributed by atoms with Crippen LogP contribution in [0.25, 0.3) is 0 Å². The molecular weight excluding hydrogens is 376 g/mol. The smallest absolute Gasteiger partial charge is 1.00 e. The Morgan fingerprint density at radius 3 is 0.833 bits per heavy atom. The van der Waals surface area contributed by atoms with Gasteiger partial charge in [-0.25, -0.2) is 0 Å². The van der Waals surface area contributed by atoms with Crippen molar-refractivity contribution >= 4 is 37.7 Å². The summed E-state index contributed by atoms with van der Waals surface area (Å²) in [6, 6.07) is 0. The van der Waals surface area contributed by atoms with Gasteiger partial charge in [0, 0.05) is 0 Å². The van der Waals surface area contributed by atoms with E-state index in [1.54, 1.807) is 0 Å². The van der Waals surface area contributed by atoms with Gasteiger partial charge in [-0.1, -0.05) is 0 Å². The molecule has 0 heterocycles. The molecule has 0 bridgehead atoms. The molecule has 6 heavy (non-hydrogen) atoms. The fraction of sp³-hybridized carbons (Fsp3) is 0. The summed E-state index contributed by atoms with van der Waals surface area (Å²) in [5, 5.41) is 0. The van der Waals surface area contributed by atoms with E-state index in [0.717, 1.165) is 0 Å². The molecule has 0 aromatic carbocycles. The summed E-state index contributed by atoms with van der Waals surface area (Å²) < 4.78 is 0. The molecule has 39 valence electrons. The quantitative estimate of drug-likeness (QED) is 0.513. The van der Waals surface area contributed by atoms with Crippen LogP contribution in [0.4, 0.5) is 0 Å². The molecule has 0 atom stereocenters. The van der Waals surface area contributed by atoms with Gasteiger partial charge in [-0.05, 0) is 0 Å². The summed E-state index contributed by atoms with van der Waals surface area (Å²) in [5.74, 6) is 0. The fourth-order valence-corrected chi connectivity index (χ4v) is 0. The van der Waals surface area contributed by atoms with Gasteiger partial charge in [0.1, 0.15) is 0 Å². The minimum Gasteiger partial charge on any atom is 1.00 e. The first kappa shape index (κ1) is 12.2. The van der Waals surface area contributed by atoms with Crippen LogP contribution >= 0.6 is 37.7 Å². The zero-order valence-corrected chi connectivity index (χ0v) is 11.2. The SMILES string of the molecule is [Cl][Pt-]([Cl])([Cl])[Cl].[K+]. The molecular formula is Cl4KPt. The van der Waals surface area contributed by atoms with Gasteiger partial charge in [0.2, 0.25) is 0 Å². The Morgan fingerprint density at radius 2 is 0.833 bits per heavy atom. The van der Waals surface area contributed by atoms with E-state index in [4.69, 9.17) is 37.7 Å². The molecule has 0 radical (unpaired) electrons. The first-order valence-electron chi connectivity index (χ1n) is 0.478. The van der Waals surface area contributed by atoms with Gasteiger partial charge in [0.05, 0.1) is 0 Å². The van der Waals surface area contributed by atoms with Crippen molar-refractivity contribution in [2.24, 2.45) is 0 Å². The van der Waals surface area contributed by atoms with Crippen LogP contribution in [0.3, 0.4) is 0 Å².